The largest absolute Gasteiger partial charge is 0.497 e. The molecule has 0 saturated heterocycles. The maximum Gasteiger partial charge on any atom is 0.339 e. The maximum absolute atomic E-state index is 12.0. The van der Waals surface area contributed by atoms with Crippen LogP contribution in [-0.4, -0.2) is 25.4 Å². The molecule has 23 heavy (non-hydrogen) atoms. The number of halogens is 1. The number of carbonyl (C=O) groups is 1. The van der Waals surface area contributed by atoms with Gasteiger partial charge in [0.15, 0.2) is 0 Å². The minimum Gasteiger partial charge on any atom is -0.497 e. The monoisotopic (exact) mass is 331 g/mol. The van der Waals surface area contributed by atoms with Gasteiger partial charge in [-0.1, -0.05) is 11.6 Å². The van der Waals surface area contributed by atoms with Crippen molar-refractivity contribution < 1.29 is 14.3 Å². The van der Waals surface area contributed by atoms with Gasteiger partial charge in [0.1, 0.15) is 5.75 Å². The Hall–Kier alpha value is -2.33. The lowest BCUT2D eigenvalue weighted by molar-refractivity contribution is 0.0378. The van der Waals surface area contributed by atoms with Gasteiger partial charge in [-0.3, -0.25) is 4.99 Å². The molecule has 0 amide bonds. The highest BCUT2D eigenvalue weighted by Gasteiger charge is 2.13. The van der Waals surface area contributed by atoms with Gasteiger partial charge in [-0.25, -0.2) is 4.79 Å². The zero-order chi connectivity index (χ0) is 16.8. The number of methoxy groups -OCH3 is 1. The van der Waals surface area contributed by atoms with Crippen LogP contribution in [0.3, 0.4) is 0 Å². The first-order valence-electron chi connectivity index (χ1n) is 7.18. The molecule has 0 aliphatic carbocycles. The summed E-state index contributed by atoms with van der Waals surface area (Å²) in [5.74, 6) is 0.332. The lowest BCUT2D eigenvalue weighted by atomic mass is 10.2. The van der Waals surface area contributed by atoms with E-state index in [1.54, 1.807) is 45.4 Å². The van der Waals surface area contributed by atoms with E-state index in [9.17, 15) is 4.79 Å². The number of ether oxygens (including phenoxy) is 2. The van der Waals surface area contributed by atoms with Crippen LogP contribution in [0.1, 0.15) is 29.8 Å². The third kappa shape index (κ3) is 4.83. The van der Waals surface area contributed by atoms with E-state index in [0.717, 1.165) is 11.3 Å². The second-order valence-corrected chi connectivity index (χ2v) is 5.56. The first-order valence-corrected chi connectivity index (χ1v) is 7.56. The van der Waals surface area contributed by atoms with Crippen molar-refractivity contribution in [3.8, 4) is 5.75 Å². The van der Waals surface area contributed by atoms with E-state index in [2.05, 4.69) is 4.99 Å². The number of benzene rings is 2. The fraction of sp³-hybridized carbons (Fsp3) is 0.222. The highest BCUT2D eigenvalue weighted by atomic mass is 35.5. The Balaban J connectivity index is 2.19. The lowest BCUT2D eigenvalue weighted by Gasteiger charge is -2.09. The van der Waals surface area contributed by atoms with Gasteiger partial charge < -0.3 is 9.47 Å². The van der Waals surface area contributed by atoms with Gasteiger partial charge in [-0.15, -0.1) is 0 Å². The van der Waals surface area contributed by atoms with Crippen molar-refractivity contribution >= 4 is 29.5 Å². The summed E-state index contributed by atoms with van der Waals surface area (Å²) in [5, 5.41) is 0.346. The van der Waals surface area contributed by atoms with E-state index in [0.29, 0.717) is 16.3 Å². The lowest BCUT2D eigenvalue weighted by Crippen LogP contribution is -2.11. The van der Waals surface area contributed by atoms with Crippen molar-refractivity contribution in [3.05, 3.63) is 58.6 Å². The minimum atomic E-state index is -0.452. The summed E-state index contributed by atoms with van der Waals surface area (Å²) in [7, 11) is 1.62. The molecule has 2 rings (SSSR count). The van der Waals surface area contributed by atoms with Crippen LogP contribution in [0.25, 0.3) is 0 Å². The smallest absolute Gasteiger partial charge is 0.339 e. The molecule has 0 N–H and O–H groups in total. The quantitative estimate of drug-likeness (QED) is 0.591. The molecule has 0 bridgehead atoms. The van der Waals surface area contributed by atoms with Crippen LogP contribution < -0.4 is 4.74 Å². The van der Waals surface area contributed by atoms with Crippen molar-refractivity contribution in [2.24, 2.45) is 4.99 Å². The van der Waals surface area contributed by atoms with Gasteiger partial charge >= 0.3 is 5.97 Å². The Morgan fingerprint density at radius 3 is 2.48 bits per heavy atom. The van der Waals surface area contributed by atoms with Crippen LogP contribution in [-0.2, 0) is 4.74 Å². The highest BCUT2D eigenvalue weighted by molar-refractivity contribution is 6.33. The Bertz CT molecular complexity index is 709. The number of hydrogen-bond donors (Lipinski definition) is 0. The molecule has 0 aliphatic heterocycles. The second kappa shape index (κ2) is 7.79. The predicted molar refractivity (Wildman–Crippen MR) is 92.3 cm³/mol. The zero-order valence-electron chi connectivity index (χ0n) is 13.2. The molecule has 0 fully saturated rings. The third-order valence-electron chi connectivity index (χ3n) is 2.99. The SMILES string of the molecule is COc1ccc(C=Nc2ccc(Cl)c(C(=O)OC(C)C)c2)cc1. The topological polar surface area (TPSA) is 47.9 Å². The molecule has 0 saturated carbocycles. The van der Waals surface area contributed by atoms with Crippen LogP contribution in [0.15, 0.2) is 47.5 Å². The van der Waals surface area contributed by atoms with Gasteiger partial charge in [0, 0.05) is 6.21 Å². The fourth-order valence-corrected chi connectivity index (χ4v) is 2.06. The fourth-order valence-electron chi connectivity index (χ4n) is 1.87. The molecule has 120 valence electrons. The summed E-state index contributed by atoms with van der Waals surface area (Å²) >= 11 is 6.06. The molecule has 5 heteroatoms. The summed E-state index contributed by atoms with van der Waals surface area (Å²) in [6.45, 7) is 3.58. The van der Waals surface area contributed by atoms with Crippen molar-refractivity contribution in [1.82, 2.24) is 0 Å². The molecule has 0 radical (unpaired) electrons. The molecule has 2 aromatic rings. The molecule has 0 aromatic heterocycles. The van der Waals surface area contributed by atoms with Gasteiger partial charge in [0.05, 0.1) is 29.5 Å². The van der Waals surface area contributed by atoms with E-state index in [1.165, 1.54) is 0 Å². The summed E-state index contributed by atoms with van der Waals surface area (Å²) < 4.78 is 10.3. The summed E-state index contributed by atoms with van der Waals surface area (Å²) in [4.78, 5) is 16.4. The Morgan fingerprint density at radius 2 is 1.87 bits per heavy atom. The van der Waals surface area contributed by atoms with Gasteiger partial charge in [0.2, 0.25) is 0 Å². The van der Waals surface area contributed by atoms with Crippen molar-refractivity contribution in [3.63, 3.8) is 0 Å². The molecule has 0 aliphatic rings. The van der Waals surface area contributed by atoms with Gasteiger partial charge in [-0.05, 0) is 61.9 Å². The van der Waals surface area contributed by atoms with Crippen LogP contribution in [0.4, 0.5) is 5.69 Å². The molecule has 0 heterocycles. The Labute approximate surface area is 140 Å². The molecule has 4 nitrogen and oxygen atoms in total. The predicted octanol–water partition coefficient (Wildman–Crippen LogP) is 4.66. The molecule has 0 spiro atoms. The maximum atomic E-state index is 12.0. The van der Waals surface area contributed by atoms with Crippen LogP contribution in [0, 0.1) is 0 Å². The number of nitrogens with zero attached hydrogens (tertiary/aromatic N) is 1. The van der Waals surface area contributed by atoms with E-state index < -0.39 is 5.97 Å². The molecular weight excluding hydrogens is 314 g/mol. The first-order chi connectivity index (χ1) is 11.0. The normalized spacial score (nSPS) is 11.0. The van der Waals surface area contributed by atoms with Crippen LogP contribution in [0.2, 0.25) is 5.02 Å². The number of esters is 1. The third-order valence-corrected chi connectivity index (χ3v) is 3.32. The number of hydrogen-bond acceptors (Lipinski definition) is 4. The van der Waals surface area contributed by atoms with Gasteiger partial charge in [0.25, 0.3) is 0 Å². The minimum absolute atomic E-state index is 0.204. The second-order valence-electron chi connectivity index (χ2n) is 5.15. The Morgan fingerprint density at radius 1 is 1.17 bits per heavy atom. The summed E-state index contributed by atoms with van der Waals surface area (Å²) in [6.07, 6.45) is 1.50. The van der Waals surface area contributed by atoms with Gasteiger partial charge in [-0.2, -0.15) is 0 Å². The number of aliphatic imine (C=N–C) groups is 1. The standard InChI is InChI=1S/C18H18ClNO3/c1-12(2)23-18(21)16-10-14(6-9-17(16)19)20-11-13-4-7-15(22-3)8-5-13/h4-12H,1-3H3. The Kier molecular flexibility index (Phi) is 5.77. The summed E-state index contributed by atoms with van der Waals surface area (Å²) in [6, 6.07) is 12.5. The molecular formula is C18H18ClNO3. The molecule has 0 atom stereocenters. The highest BCUT2D eigenvalue weighted by Crippen LogP contribution is 2.24. The van der Waals surface area contributed by atoms with E-state index in [1.807, 2.05) is 24.3 Å². The molecule has 0 unspecified atom stereocenters. The number of carbonyl (C=O) groups excluding carboxylic acids is 1. The van der Waals surface area contributed by atoms with Crippen LogP contribution >= 0.6 is 11.6 Å². The summed E-state index contributed by atoms with van der Waals surface area (Å²) in [5.41, 5.74) is 1.86. The van der Waals surface area contributed by atoms with E-state index in [-0.39, 0.29) is 6.10 Å². The zero-order valence-corrected chi connectivity index (χ0v) is 14.0. The van der Waals surface area contributed by atoms with E-state index >= 15 is 0 Å². The van der Waals surface area contributed by atoms with Crippen molar-refractivity contribution in [2.75, 3.05) is 7.11 Å². The molecule has 2 aromatic carbocycles. The number of rotatable bonds is 5. The first kappa shape index (κ1) is 17.0. The average Bonchev–Trinajstić information content (AvgIpc) is 2.53. The van der Waals surface area contributed by atoms with Crippen molar-refractivity contribution in [1.29, 1.82) is 0 Å². The van der Waals surface area contributed by atoms with Crippen molar-refractivity contribution in [2.45, 2.75) is 20.0 Å². The average molecular weight is 332 g/mol. The van der Waals surface area contributed by atoms with E-state index in [4.69, 9.17) is 21.1 Å². The van der Waals surface area contributed by atoms with Crippen LogP contribution in [0.5, 0.6) is 5.75 Å².